The molecule has 1 aromatic rings. The zero-order chi connectivity index (χ0) is 14.0. The minimum absolute atomic E-state index is 0.0503. The van der Waals surface area contributed by atoms with Crippen LogP contribution in [0.4, 0.5) is 5.69 Å². The first kappa shape index (κ1) is 15.0. The van der Waals surface area contributed by atoms with Crippen molar-refractivity contribution in [3.8, 4) is 5.75 Å². The molecule has 0 heterocycles. The fourth-order valence-corrected chi connectivity index (χ4v) is 2.01. The highest BCUT2D eigenvalue weighted by Gasteiger charge is 2.25. The largest absolute Gasteiger partial charge is 0.507 e. The maximum absolute atomic E-state index is 12.3. The molecule has 1 rings (SSSR count). The van der Waals surface area contributed by atoms with E-state index in [0.717, 1.165) is 0 Å². The molecule has 0 fully saturated rings. The van der Waals surface area contributed by atoms with Crippen LogP contribution in [0.5, 0.6) is 5.75 Å². The normalized spacial score (nSPS) is 13.1. The lowest BCUT2D eigenvalue weighted by molar-refractivity contribution is 0.0975. The number of carbonyl (C=O) groups excluding carboxylic acids is 1. The van der Waals surface area contributed by atoms with Gasteiger partial charge in [-0.05, 0) is 29.5 Å². The Balaban J connectivity index is 3.29. The summed E-state index contributed by atoms with van der Waals surface area (Å²) in [6.07, 6.45) is 0. The Hall–Kier alpha value is -1.03. The number of benzene rings is 1. The third-order valence-corrected chi connectivity index (χ3v) is 4.36. The van der Waals surface area contributed by atoms with Crippen molar-refractivity contribution in [1.82, 2.24) is 0 Å². The van der Waals surface area contributed by atoms with E-state index in [2.05, 4.69) is 15.9 Å². The van der Waals surface area contributed by atoms with Crippen LogP contribution in [-0.2, 0) is 0 Å². The van der Waals surface area contributed by atoms with Crippen molar-refractivity contribution in [2.45, 2.75) is 38.4 Å². The van der Waals surface area contributed by atoms with Gasteiger partial charge in [0.1, 0.15) is 5.75 Å². The maximum Gasteiger partial charge on any atom is 0.180 e. The monoisotopic (exact) mass is 313 g/mol. The molecule has 4 heteroatoms. The molecule has 0 saturated heterocycles. The highest BCUT2D eigenvalue weighted by Crippen LogP contribution is 2.33. The number of hydrogen-bond donors (Lipinski definition) is 2. The molecule has 3 N–H and O–H groups in total. The van der Waals surface area contributed by atoms with Crippen LogP contribution in [0.2, 0.25) is 0 Å². The summed E-state index contributed by atoms with van der Waals surface area (Å²) in [5, 5.41) is 10.2. The SMILES string of the molecule is CC(C)c1cc(N)cc(C(=O)C(Br)C(C)C)c1O. The van der Waals surface area contributed by atoms with E-state index in [1.165, 1.54) is 0 Å². The number of ketones is 1. The first-order valence-corrected chi connectivity index (χ1v) is 6.98. The number of rotatable bonds is 4. The van der Waals surface area contributed by atoms with Gasteiger partial charge in [-0.3, -0.25) is 4.79 Å². The molecule has 100 valence electrons. The van der Waals surface area contributed by atoms with Crippen molar-refractivity contribution in [3.05, 3.63) is 23.3 Å². The predicted molar refractivity (Wildman–Crippen MR) is 78.5 cm³/mol. The summed E-state index contributed by atoms with van der Waals surface area (Å²) in [4.78, 5) is 12.0. The van der Waals surface area contributed by atoms with E-state index in [1.807, 2.05) is 27.7 Å². The van der Waals surface area contributed by atoms with Crippen molar-refractivity contribution < 1.29 is 9.90 Å². The van der Waals surface area contributed by atoms with Gasteiger partial charge in [0.2, 0.25) is 0 Å². The third-order valence-electron chi connectivity index (χ3n) is 2.88. The summed E-state index contributed by atoms with van der Waals surface area (Å²) in [7, 11) is 0. The molecule has 1 aromatic carbocycles. The molecule has 1 atom stereocenters. The van der Waals surface area contributed by atoms with Gasteiger partial charge < -0.3 is 10.8 Å². The lowest BCUT2D eigenvalue weighted by Crippen LogP contribution is -2.20. The summed E-state index contributed by atoms with van der Waals surface area (Å²) >= 11 is 3.36. The molecule has 1 unspecified atom stereocenters. The van der Waals surface area contributed by atoms with Crippen LogP contribution in [-0.4, -0.2) is 15.7 Å². The van der Waals surface area contributed by atoms with E-state index in [9.17, 15) is 9.90 Å². The lowest BCUT2D eigenvalue weighted by atomic mass is 9.93. The molecule has 0 aliphatic heterocycles. The van der Waals surface area contributed by atoms with E-state index < -0.39 is 0 Å². The van der Waals surface area contributed by atoms with Gasteiger partial charge in [-0.2, -0.15) is 0 Å². The Morgan fingerprint density at radius 1 is 1.28 bits per heavy atom. The van der Waals surface area contributed by atoms with E-state index in [1.54, 1.807) is 12.1 Å². The molecule has 0 aliphatic carbocycles. The number of phenols is 1. The standard InChI is InChI=1S/C14H20BrNO2/c1-7(2)10-5-9(16)6-11(13(10)17)14(18)12(15)8(3)4/h5-8,12,17H,16H2,1-4H3. The molecule has 0 spiro atoms. The number of aromatic hydroxyl groups is 1. The Morgan fingerprint density at radius 2 is 1.83 bits per heavy atom. The lowest BCUT2D eigenvalue weighted by Gasteiger charge is -2.17. The van der Waals surface area contributed by atoms with Crippen LogP contribution in [0.1, 0.15) is 49.5 Å². The van der Waals surface area contributed by atoms with Crippen molar-refractivity contribution in [2.24, 2.45) is 5.92 Å². The molecule has 0 bridgehead atoms. The Bertz CT molecular complexity index is 455. The van der Waals surface area contributed by atoms with E-state index in [4.69, 9.17) is 5.73 Å². The second kappa shape index (κ2) is 5.74. The van der Waals surface area contributed by atoms with E-state index in [0.29, 0.717) is 16.8 Å². The maximum atomic E-state index is 12.3. The van der Waals surface area contributed by atoms with Crippen molar-refractivity contribution >= 4 is 27.4 Å². The number of hydrogen-bond acceptors (Lipinski definition) is 3. The molecule has 0 aromatic heterocycles. The number of halogens is 1. The minimum atomic E-state index is -0.315. The highest BCUT2D eigenvalue weighted by molar-refractivity contribution is 9.10. The van der Waals surface area contributed by atoms with Gasteiger partial charge in [0, 0.05) is 5.69 Å². The number of phenolic OH excluding ortho intramolecular Hbond substituents is 1. The van der Waals surface area contributed by atoms with Crippen LogP contribution in [0.15, 0.2) is 12.1 Å². The summed E-state index contributed by atoms with van der Waals surface area (Å²) < 4.78 is 0. The van der Waals surface area contributed by atoms with E-state index in [-0.39, 0.29) is 28.2 Å². The summed E-state index contributed by atoms with van der Waals surface area (Å²) in [6.45, 7) is 7.81. The molecule has 18 heavy (non-hydrogen) atoms. The Labute approximate surface area is 117 Å². The molecule has 3 nitrogen and oxygen atoms in total. The van der Waals surface area contributed by atoms with Crippen LogP contribution in [0.3, 0.4) is 0 Å². The molecule has 0 aliphatic rings. The van der Waals surface area contributed by atoms with Gasteiger partial charge in [0.25, 0.3) is 0 Å². The third kappa shape index (κ3) is 3.05. The summed E-state index contributed by atoms with van der Waals surface area (Å²) in [6, 6.07) is 3.26. The molecular weight excluding hydrogens is 294 g/mol. The van der Waals surface area contributed by atoms with Gasteiger partial charge in [-0.15, -0.1) is 0 Å². The molecule has 0 saturated carbocycles. The summed E-state index contributed by atoms with van der Waals surface area (Å²) in [5.74, 6) is 0.194. The van der Waals surface area contributed by atoms with Crippen molar-refractivity contribution in [3.63, 3.8) is 0 Å². The number of Topliss-reactive ketones (excluding diaryl/α,β-unsaturated/α-hetero) is 1. The number of anilines is 1. The fraction of sp³-hybridized carbons (Fsp3) is 0.500. The molecule has 0 radical (unpaired) electrons. The van der Waals surface area contributed by atoms with Crippen LogP contribution >= 0.6 is 15.9 Å². The van der Waals surface area contributed by atoms with Crippen LogP contribution in [0.25, 0.3) is 0 Å². The topological polar surface area (TPSA) is 63.3 Å². The number of carbonyl (C=O) groups is 1. The smallest absolute Gasteiger partial charge is 0.180 e. The van der Waals surface area contributed by atoms with Gasteiger partial charge in [-0.1, -0.05) is 43.6 Å². The number of nitrogens with two attached hydrogens (primary N) is 1. The first-order valence-electron chi connectivity index (χ1n) is 6.06. The zero-order valence-corrected chi connectivity index (χ0v) is 12.8. The fourth-order valence-electron chi connectivity index (χ4n) is 1.76. The summed E-state index contributed by atoms with van der Waals surface area (Å²) in [5.41, 5.74) is 7.31. The minimum Gasteiger partial charge on any atom is -0.507 e. The second-order valence-corrected chi connectivity index (χ2v) is 6.16. The molecular formula is C14H20BrNO2. The van der Waals surface area contributed by atoms with Crippen LogP contribution < -0.4 is 5.73 Å². The Kier molecular flexibility index (Phi) is 4.79. The highest BCUT2D eigenvalue weighted by atomic mass is 79.9. The predicted octanol–water partition coefficient (Wildman–Crippen LogP) is 3.70. The quantitative estimate of drug-likeness (QED) is 0.385. The number of nitrogen functional groups attached to an aromatic ring is 1. The van der Waals surface area contributed by atoms with Crippen molar-refractivity contribution in [2.75, 3.05) is 5.73 Å². The zero-order valence-electron chi connectivity index (χ0n) is 11.2. The average molecular weight is 314 g/mol. The number of alkyl halides is 1. The van der Waals surface area contributed by atoms with Crippen molar-refractivity contribution in [1.29, 1.82) is 0 Å². The van der Waals surface area contributed by atoms with Gasteiger partial charge in [-0.25, -0.2) is 0 Å². The van der Waals surface area contributed by atoms with Gasteiger partial charge >= 0.3 is 0 Å². The van der Waals surface area contributed by atoms with Gasteiger partial charge in [0.15, 0.2) is 5.78 Å². The first-order chi connectivity index (χ1) is 8.25. The average Bonchev–Trinajstić information content (AvgIpc) is 2.29. The molecule has 0 amide bonds. The Morgan fingerprint density at radius 3 is 2.28 bits per heavy atom. The van der Waals surface area contributed by atoms with Crippen LogP contribution in [0, 0.1) is 5.92 Å². The van der Waals surface area contributed by atoms with Gasteiger partial charge in [0.05, 0.1) is 10.4 Å². The van der Waals surface area contributed by atoms with E-state index >= 15 is 0 Å². The second-order valence-electron chi connectivity index (χ2n) is 5.17.